The van der Waals surface area contributed by atoms with Gasteiger partial charge in [0, 0.05) is 23.0 Å². The van der Waals surface area contributed by atoms with Crippen LogP contribution in [0.25, 0.3) is 11.0 Å². The van der Waals surface area contributed by atoms with Gasteiger partial charge in [-0.1, -0.05) is 37.6 Å². The third-order valence-electron chi connectivity index (χ3n) is 4.21. The van der Waals surface area contributed by atoms with E-state index < -0.39 is 0 Å². The summed E-state index contributed by atoms with van der Waals surface area (Å²) in [6.45, 7) is 6.16. The maximum absolute atomic E-state index is 12.2. The lowest BCUT2D eigenvalue weighted by molar-refractivity contribution is -0.116. The lowest BCUT2D eigenvalue weighted by Crippen LogP contribution is -2.12. The van der Waals surface area contributed by atoms with Crippen LogP contribution in [0.3, 0.4) is 0 Å². The largest absolute Gasteiger partial charge is 0.342 e. The molecule has 3 aromatic rings. The molecule has 0 bridgehead atoms. The van der Waals surface area contributed by atoms with Crippen LogP contribution in [-0.4, -0.2) is 15.9 Å². The van der Waals surface area contributed by atoms with Crippen molar-refractivity contribution in [2.45, 2.75) is 39.5 Å². The van der Waals surface area contributed by atoms with Crippen LogP contribution >= 0.6 is 11.6 Å². The number of hydrogen-bond donors (Lipinski definition) is 2. The Kier molecular flexibility index (Phi) is 5.09. The van der Waals surface area contributed by atoms with Gasteiger partial charge in [-0.15, -0.1) is 0 Å². The van der Waals surface area contributed by atoms with E-state index in [1.807, 2.05) is 31.2 Å². The average Bonchev–Trinajstić information content (AvgIpc) is 3.00. The number of amides is 1. The molecule has 3 rings (SSSR count). The fourth-order valence-electron chi connectivity index (χ4n) is 2.66. The lowest BCUT2D eigenvalue weighted by atomic mass is 10.1. The van der Waals surface area contributed by atoms with Gasteiger partial charge in [-0.05, 0) is 48.7 Å². The minimum atomic E-state index is -0.0208. The van der Waals surface area contributed by atoms with Crippen molar-refractivity contribution in [1.29, 1.82) is 0 Å². The van der Waals surface area contributed by atoms with E-state index in [-0.39, 0.29) is 5.91 Å². The zero-order valence-electron chi connectivity index (χ0n) is 14.7. The van der Waals surface area contributed by atoms with E-state index >= 15 is 0 Å². The van der Waals surface area contributed by atoms with Crippen LogP contribution < -0.4 is 5.32 Å². The van der Waals surface area contributed by atoms with Crippen molar-refractivity contribution in [3.8, 4) is 0 Å². The predicted octanol–water partition coefficient (Wildman–Crippen LogP) is 5.22. The maximum atomic E-state index is 12.2. The number of rotatable bonds is 5. The number of imidazole rings is 1. The van der Waals surface area contributed by atoms with Gasteiger partial charge in [-0.2, -0.15) is 0 Å². The fourth-order valence-corrected chi connectivity index (χ4v) is 2.84. The number of nitrogens with one attached hydrogen (secondary N) is 2. The standard InChI is InChI=1S/C20H22ClN3O/c1-12(2)20-23-17-8-5-14(10-18(17)24-20)6-9-19(25)22-15-7-4-13(3)16(21)11-15/h4-5,7-8,10-12H,6,9H2,1-3H3,(H,22,25)(H,23,24). The van der Waals surface area contributed by atoms with E-state index in [1.165, 1.54) is 0 Å². The molecule has 0 aliphatic carbocycles. The number of halogens is 1. The van der Waals surface area contributed by atoms with Crippen LogP contribution in [0.15, 0.2) is 36.4 Å². The molecule has 0 radical (unpaired) electrons. The highest BCUT2D eigenvalue weighted by Gasteiger charge is 2.08. The molecule has 2 aromatic carbocycles. The summed E-state index contributed by atoms with van der Waals surface area (Å²) in [6, 6.07) is 11.6. The van der Waals surface area contributed by atoms with Crippen LogP contribution in [0.2, 0.25) is 5.02 Å². The van der Waals surface area contributed by atoms with Gasteiger partial charge < -0.3 is 10.3 Å². The molecule has 1 amide bonds. The third kappa shape index (κ3) is 4.20. The van der Waals surface area contributed by atoms with Gasteiger partial charge >= 0.3 is 0 Å². The van der Waals surface area contributed by atoms with Crippen LogP contribution in [0.5, 0.6) is 0 Å². The molecule has 0 aliphatic rings. The van der Waals surface area contributed by atoms with Gasteiger partial charge in [-0.25, -0.2) is 4.98 Å². The summed E-state index contributed by atoms with van der Waals surface area (Å²) in [6.07, 6.45) is 1.10. The topological polar surface area (TPSA) is 57.8 Å². The van der Waals surface area contributed by atoms with Crippen LogP contribution in [0.1, 0.15) is 43.1 Å². The Balaban J connectivity index is 1.63. The summed E-state index contributed by atoms with van der Waals surface area (Å²) >= 11 is 6.09. The number of aromatic nitrogens is 2. The molecule has 0 fully saturated rings. The molecular weight excluding hydrogens is 334 g/mol. The molecular formula is C20H22ClN3O. The van der Waals surface area contributed by atoms with E-state index in [2.05, 4.69) is 35.2 Å². The molecule has 0 aliphatic heterocycles. The third-order valence-corrected chi connectivity index (χ3v) is 4.62. The zero-order chi connectivity index (χ0) is 18.0. The molecule has 0 atom stereocenters. The van der Waals surface area contributed by atoms with Gasteiger partial charge in [0.1, 0.15) is 5.82 Å². The number of aryl methyl sites for hydroxylation is 2. The van der Waals surface area contributed by atoms with E-state index in [1.54, 1.807) is 6.07 Å². The number of carbonyl (C=O) groups excluding carboxylic acids is 1. The van der Waals surface area contributed by atoms with Crippen molar-refractivity contribution in [2.24, 2.45) is 0 Å². The van der Waals surface area contributed by atoms with Crippen LogP contribution in [0, 0.1) is 6.92 Å². The summed E-state index contributed by atoms with van der Waals surface area (Å²) < 4.78 is 0. The number of benzene rings is 2. The number of anilines is 1. The minimum absolute atomic E-state index is 0.0208. The molecule has 0 saturated heterocycles. The Hall–Kier alpha value is -2.33. The second-order valence-corrected chi connectivity index (χ2v) is 7.05. The Bertz CT molecular complexity index is 914. The molecule has 0 unspecified atom stereocenters. The summed E-state index contributed by atoms with van der Waals surface area (Å²) in [5, 5.41) is 3.55. The summed E-state index contributed by atoms with van der Waals surface area (Å²) in [4.78, 5) is 20.1. The number of hydrogen-bond acceptors (Lipinski definition) is 2. The van der Waals surface area contributed by atoms with Gasteiger partial charge in [0.05, 0.1) is 11.0 Å². The van der Waals surface area contributed by atoms with E-state index in [0.29, 0.717) is 23.8 Å². The second-order valence-electron chi connectivity index (χ2n) is 6.64. The zero-order valence-corrected chi connectivity index (χ0v) is 15.4. The Morgan fingerprint density at radius 1 is 1.24 bits per heavy atom. The van der Waals surface area contributed by atoms with E-state index in [9.17, 15) is 4.79 Å². The highest BCUT2D eigenvalue weighted by atomic mass is 35.5. The van der Waals surface area contributed by atoms with Crippen molar-refractivity contribution in [3.05, 3.63) is 58.4 Å². The molecule has 130 valence electrons. The van der Waals surface area contributed by atoms with Crippen LogP contribution in [0.4, 0.5) is 5.69 Å². The number of carbonyl (C=O) groups is 1. The van der Waals surface area contributed by atoms with Gasteiger partial charge in [0.2, 0.25) is 5.91 Å². The molecule has 1 heterocycles. The SMILES string of the molecule is Cc1ccc(NC(=O)CCc2ccc3nc(C(C)C)[nH]c3c2)cc1Cl. The summed E-state index contributed by atoms with van der Waals surface area (Å²) in [7, 11) is 0. The normalized spacial score (nSPS) is 11.2. The summed E-state index contributed by atoms with van der Waals surface area (Å²) in [5.41, 5.74) is 4.82. The molecule has 25 heavy (non-hydrogen) atoms. The molecule has 2 N–H and O–H groups in total. The molecule has 4 nitrogen and oxygen atoms in total. The number of aromatic amines is 1. The smallest absolute Gasteiger partial charge is 0.224 e. The highest BCUT2D eigenvalue weighted by molar-refractivity contribution is 6.31. The van der Waals surface area contributed by atoms with E-state index in [4.69, 9.17) is 11.6 Å². The van der Waals surface area contributed by atoms with E-state index in [0.717, 1.165) is 33.7 Å². The maximum Gasteiger partial charge on any atom is 0.224 e. The minimum Gasteiger partial charge on any atom is -0.342 e. The number of nitrogens with zero attached hydrogens (tertiary/aromatic N) is 1. The van der Waals surface area contributed by atoms with Crippen molar-refractivity contribution in [2.75, 3.05) is 5.32 Å². The average molecular weight is 356 g/mol. The number of H-pyrrole nitrogens is 1. The van der Waals surface area contributed by atoms with Gasteiger partial charge in [0.25, 0.3) is 0 Å². The predicted molar refractivity (Wildman–Crippen MR) is 103 cm³/mol. The molecule has 5 heteroatoms. The lowest BCUT2D eigenvalue weighted by Gasteiger charge is -2.07. The quantitative estimate of drug-likeness (QED) is 0.659. The Morgan fingerprint density at radius 3 is 2.76 bits per heavy atom. The number of fused-ring (bicyclic) bond motifs is 1. The first-order valence-electron chi connectivity index (χ1n) is 8.47. The first-order chi connectivity index (χ1) is 11.9. The molecule has 1 aromatic heterocycles. The molecule has 0 saturated carbocycles. The Labute approximate surface area is 152 Å². The van der Waals surface area contributed by atoms with Crippen molar-refractivity contribution >= 4 is 34.2 Å². The Morgan fingerprint density at radius 2 is 2.04 bits per heavy atom. The van der Waals surface area contributed by atoms with Crippen LogP contribution in [-0.2, 0) is 11.2 Å². The monoisotopic (exact) mass is 355 g/mol. The highest BCUT2D eigenvalue weighted by Crippen LogP contribution is 2.21. The van der Waals surface area contributed by atoms with Gasteiger partial charge in [-0.3, -0.25) is 4.79 Å². The molecule has 0 spiro atoms. The second kappa shape index (κ2) is 7.28. The summed E-state index contributed by atoms with van der Waals surface area (Å²) in [5.74, 6) is 1.33. The first-order valence-corrected chi connectivity index (χ1v) is 8.84. The van der Waals surface area contributed by atoms with Crippen molar-refractivity contribution in [3.63, 3.8) is 0 Å². The van der Waals surface area contributed by atoms with Crippen molar-refractivity contribution < 1.29 is 4.79 Å². The fraction of sp³-hybridized carbons (Fsp3) is 0.300. The van der Waals surface area contributed by atoms with Crippen molar-refractivity contribution in [1.82, 2.24) is 9.97 Å². The first kappa shape index (κ1) is 17.5. The van der Waals surface area contributed by atoms with Gasteiger partial charge in [0.15, 0.2) is 0 Å².